The van der Waals surface area contributed by atoms with Crippen molar-refractivity contribution in [2.75, 3.05) is 23.7 Å². The molecule has 0 saturated carbocycles. The largest absolute Gasteiger partial charge is 0.302 e. The second-order valence-electron chi connectivity index (χ2n) is 10.4. The molecule has 0 spiro atoms. The Balaban J connectivity index is 0.962. The van der Waals surface area contributed by atoms with Crippen LogP contribution in [-0.2, 0) is 19.2 Å². The average Bonchev–Trinajstić information content (AvgIpc) is 3.87. The Bertz CT molecular complexity index is 1790. The molecule has 2 aromatic carbocycles. The standard InChI is InChI=1S/C32H26N6O4S6/c39-23(35-29-33-21(17-45-29)19-9-3-1-4-10-19)13-7-15-37-27(41)25(47-31(37)43)26-28(42)38(32(44)48-26)16-8-14-24(40)36-30-34-22(18-46-30)20-11-5-2-6-12-20/h1-6,9-12,17-18H,7-8,13-16H2,(H,33,35,39)(H,34,36,40). The van der Waals surface area contributed by atoms with Gasteiger partial charge >= 0.3 is 0 Å². The number of carbonyl (C=O) groups excluding carboxylic acids is 4. The first-order valence-corrected chi connectivity index (χ1v) is 18.9. The van der Waals surface area contributed by atoms with E-state index in [0.29, 0.717) is 31.7 Å². The van der Waals surface area contributed by atoms with E-state index in [0.717, 1.165) is 46.0 Å². The van der Waals surface area contributed by atoms with Crippen molar-refractivity contribution in [3.8, 4) is 22.5 Å². The zero-order valence-corrected chi connectivity index (χ0v) is 29.9. The molecule has 10 nitrogen and oxygen atoms in total. The summed E-state index contributed by atoms with van der Waals surface area (Å²) in [6.07, 6.45) is 1.08. The first-order chi connectivity index (χ1) is 23.3. The number of anilines is 2. The van der Waals surface area contributed by atoms with E-state index < -0.39 is 0 Å². The van der Waals surface area contributed by atoms with Gasteiger partial charge in [0.1, 0.15) is 8.64 Å². The van der Waals surface area contributed by atoms with Crippen molar-refractivity contribution in [1.29, 1.82) is 0 Å². The van der Waals surface area contributed by atoms with Crippen LogP contribution >= 0.6 is 70.6 Å². The number of benzene rings is 2. The molecule has 0 aliphatic carbocycles. The summed E-state index contributed by atoms with van der Waals surface area (Å²) in [5.41, 5.74) is 3.50. The summed E-state index contributed by atoms with van der Waals surface area (Å²) in [5, 5.41) is 10.4. The summed E-state index contributed by atoms with van der Waals surface area (Å²) in [4.78, 5) is 64.0. The van der Waals surface area contributed by atoms with E-state index in [-0.39, 0.29) is 59.4 Å². The highest BCUT2D eigenvalue weighted by Crippen LogP contribution is 2.42. The lowest BCUT2D eigenvalue weighted by atomic mass is 10.2. The molecule has 2 fully saturated rings. The van der Waals surface area contributed by atoms with Crippen LogP contribution in [0.1, 0.15) is 25.7 Å². The molecule has 48 heavy (non-hydrogen) atoms. The van der Waals surface area contributed by atoms with Crippen LogP contribution in [0.25, 0.3) is 22.5 Å². The fraction of sp³-hybridized carbons (Fsp3) is 0.188. The number of thiocarbonyl (C=S) groups is 2. The molecule has 16 heteroatoms. The Labute approximate surface area is 303 Å². The highest BCUT2D eigenvalue weighted by Gasteiger charge is 2.41. The fourth-order valence-corrected chi connectivity index (χ4v) is 9.00. The molecular formula is C32H26N6O4S6. The summed E-state index contributed by atoms with van der Waals surface area (Å²) in [7, 11) is 0. The molecule has 4 amide bonds. The van der Waals surface area contributed by atoms with Crippen molar-refractivity contribution < 1.29 is 19.2 Å². The van der Waals surface area contributed by atoms with Crippen molar-refractivity contribution in [1.82, 2.24) is 19.8 Å². The third-order valence-corrected chi connectivity index (χ3v) is 11.7. The van der Waals surface area contributed by atoms with Crippen molar-refractivity contribution in [3.05, 3.63) is 81.2 Å². The van der Waals surface area contributed by atoms with E-state index in [9.17, 15) is 19.2 Å². The minimum atomic E-state index is -0.379. The van der Waals surface area contributed by atoms with Crippen LogP contribution in [0.15, 0.2) is 81.2 Å². The Morgan fingerprint density at radius 1 is 0.646 bits per heavy atom. The van der Waals surface area contributed by atoms with Crippen molar-refractivity contribution >= 4 is 113 Å². The number of carbonyl (C=O) groups is 4. The number of rotatable bonds is 12. The monoisotopic (exact) mass is 750 g/mol. The van der Waals surface area contributed by atoms with Crippen molar-refractivity contribution in [3.63, 3.8) is 0 Å². The first-order valence-electron chi connectivity index (χ1n) is 14.7. The smallest absolute Gasteiger partial charge is 0.267 e. The molecular weight excluding hydrogens is 725 g/mol. The summed E-state index contributed by atoms with van der Waals surface area (Å²) in [6, 6.07) is 19.4. The lowest BCUT2D eigenvalue weighted by molar-refractivity contribution is -0.124. The molecule has 0 bridgehead atoms. The number of thioether (sulfide) groups is 2. The van der Waals surface area contributed by atoms with Gasteiger partial charge in [-0.1, -0.05) is 109 Å². The lowest BCUT2D eigenvalue weighted by Gasteiger charge is -2.14. The van der Waals surface area contributed by atoms with E-state index in [1.165, 1.54) is 32.5 Å². The van der Waals surface area contributed by atoms with E-state index in [1.54, 1.807) is 0 Å². The predicted octanol–water partition coefficient (Wildman–Crippen LogP) is 7.00. The summed E-state index contributed by atoms with van der Waals surface area (Å²) < 4.78 is 0.643. The third-order valence-electron chi connectivity index (χ3n) is 7.12. The lowest BCUT2D eigenvalue weighted by Crippen LogP contribution is -2.31. The topological polar surface area (TPSA) is 125 Å². The molecule has 2 aliphatic rings. The van der Waals surface area contributed by atoms with Gasteiger partial charge in [0.25, 0.3) is 11.8 Å². The number of nitrogens with one attached hydrogen (secondary N) is 2. The summed E-state index contributed by atoms with van der Waals surface area (Å²) in [6.45, 7) is 0.464. The molecule has 0 unspecified atom stereocenters. The van der Waals surface area contributed by atoms with Gasteiger partial charge in [-0.15, -0.1) is 22.7 Å². The maximum atomic E-state index is 13.3. The molecule has 0 atom stereocenters. The molecule has 2 N–H and O–H groups in total. The Morgan fingerprint density at radius 2 is 1.04 bits per heavy atom. The Morgan fingerprint density at radius 3 is 1.44 bits per heavy atom. The number of hydrogen-bond donors (Lipinski definition) is 2. The van der Waals surface area contributed by atoms with E-state index in [1.807, 2.05) is 71.4 Å². The maximum Gasteiger partial charge on any atom is 0.267 e. The highest BCUT2D eigenvalue weighted by atomic mass is 32.2. The van der Waals surface area contributed by atoms with Gasteiger partial charge in [0, 0.05) is 47.8 Å². The first kappa shape index (κ1) is 34.1. The van der Waals surface area contributed by atoms with Crippen LogP contribution in [-0.4, -0.2) is 65.1 Å². The predicted molar refractivity (Wildman–Crippen MR) is 202 cm³/mol. The zero-order valence-electron chi connectivity index (χ0n) is 25.0. The van der Waals surface area contributed by atoms with Gasteiger partial charge in [0.2, 0.25) is 11.8 Å². The van der Waals surface area contributed by atoms with Crippen molar-refractivity contribution in [2.45, 2.75) is 25.7 Å². The van der Waals surface area contributed by atoms with Crippen LogP contribution < -0.4 is 10.6 Å². The molecule has 4 heterocycles. The molecule has 2 saturated heterocycles. The van der Waals surface area contributed by atoms with E-state index in [4.69, 9.17) is 24.4 Å². The summed E-state index contributed by atoms with van der Waals surface area (Å²) >= 11 is 15.7. The molecule has 244 valence electrons. The van der Waals surface area contributed by atoms with Gasteiger partial charge in [-0.2, -0.15) is 0 Å². The molecule has 4 aromatic rings. The maximum absolute atomic E-state index is 13.3. The number of thiazole rings is 2. The van der Waals surface area contributed by atoms with Crippen LogP contribution in [0.4, 0.5) is 10.3 Å². The molecule has 2 aliphatic heterocycles. The summed E-state index contributed by atoms with van der Waals surface area (Å²) in [5.74, 6) is -1.19. The quantitative estimate of drug-likeness (QED) is 0.116. The number of nitrogens with zero attached hydrogens (tertiary/aromatic N) is 4. The van der Waals surface area contributed by atoms with Gasteiger partial charge < -0.3 is 10.6 Å². The zero-order chi connectivity index (χ0) is 33.6. The van der Waals surface area contributed by atoms with Gasteiger partial charge in [0.05, 0.1) is 21.2 Å². The second kappa shape index (κ2) is 15.6. The average molecular weight is 751 g/mol. The second-order valence-corrected chi connectivity index (χ2v) is 15.4. The Kier molecular flexibility index (Phi) is 11.1. The normalized spacial score (nSPS) is 16.2. The molecule has 6 rings (SSSR count). The van der Waals surface area contributed by atoms with Gasteiger partial charge in [-0.05, 0) is 12.8 Å². The van der Waals surface area contributed by atoms with Crippen LogP contribution in [0, 0.1) is 0 Å². The third kappa shape index (κ3) is 8.07. The van der Waals surface area contributed by atoms with Gasteiger partial charge in [0.15, 0.2) is 10.3 Å². The Hall–Kier alpha value is -3.80. The number of amides is 4. The van der Waals surface area contributed by atoms with Crippen LogP contribution in [0.3, 0.4) is 0 Å². The van der Waals surface area contributed by atoms with E-state index in [2.05, 4.69) is 20.6 Å². The van der Waals surface area contributed by atoms with Gasteiger partial charge in [-0.25, -0.2) is 9.97 Å². The number of aromatic nitrogens is 2. The van der Waals surface area contributed by atoms with Gasteiger partial charge in [-0.3, -0.25) is 29.0 Å². The highest BCUT2D eigenvalue weighted by molar-refractivity contribution is 8.29. The molecule has 2 aromatic heterocycles. The molecule has 0 radical (unpaired) electrons. The van der Waals surface area contributed by atoms with E-state index >= 15 is 0 Å². The number of hydrogen-bond acceptors (Lipinski definition) is 12. The van der Waals surface area contributed by atoms with Crippen molar-refractivity contribution in [2.24, 2.45) is 0 Å². The minimum absolute atomic E-state index is 0.166. The van der Waals surface area contributed by atoms with Crippen LogP contribution in [0.5, 0.6) is 0 Å². The fourth-order valence-electron chi connectivity index (χ4n) is 4.76. The minimum Gasteiger partial charge on any atom is -0.302 e. The van der Waals surface area contributed by atoms with Crippen LogP contribution in [0.2, 0.25) is 0 Å². The SMILES string of the molecule is O=C(CCCN1C(=O)C(=C2SC(=S)N(CCCC(=O)Nc3nc(-c4ccccc4)cs3)C2=O)SC1=S)Nc1nc(-c2ccccc2)cs1.